The van der Waals surface area contributed by atoms with Crippen LogP contribution in [0.1, 0.15) is 22.8 Å². The predicted octanol–water partition coefficient (Wildman–Crippen LogP) is 2.81. The number of methoxy groups -OCH3 is 1. The molecule has 2 rings (SSSR count). The Morgan fingerprint density at radius 3 is 2.84 bits per heavy atom. The minimum Gasteiger partial charge on any atom is -0.481 e. The summed E-state index contributed by atoms with van der Waals surface area (Å²) in [6.45, 7) is 1.83. The molecule has 1 atom stereocenters. The van der Waals surface area contributed by atoms with Gasteiger partial charge in [-0.1, -0.05) is 6.07 Å². The van der Waals surface area contributed by atoms with Crippen molar-refractivity contribution >= 4 is 0 Å². The maximum atomic E-state index is 13.0. The largest absolute Gasteiger partial charge is 0.481 e. The number of rotatable bonds is 4. The van der Waals surface area contributed by atoms with Crippen LogP contribution in [0.4, 0.5) is 4.39 Å². The molecule has 0 radical (unpaired) electrons. The number of nitrogens with zero attached hydrogens (tertiary/aromatic N) is 1. The van der Waals surface area contributed by atoms with Crippen LogP contribution in [0.25, 0.3) is 0 Å². The Labute approximate surface area is 111 Å². The van der Waals surface area contributed by atoms with Gasteiger partial charge in [0.25, 0.3) is 0 Å². The number of aliphatic hydroxyl groups is 1. The number of aromatic nitrogens is 1. The van der Waals surface area contributed by atoms with Crippen LogP contribution in [0.3, 0.4) is 0 Å². The summed E-state index contributed by atoms with van der Waals surface area (Å²) >= 11 is 0. The summed E-state index contributed by atoms with van der Waals surface area (Å²) in [5, 5.41) is 10.3. The zero-order valence-electron chi connectivity index (χ0n) is 10.9. The monoisotopic (exact) mass is 261 g/mol. The van der Waals surface area contributed by atoms with Crippen molar-refractivity contribution in [3.8, 4) is 5.88 Å². The molecule has 100 valence electrons. The minimum atomic E-state index is -0.729. The lowest BCUT2D eigenvalue weighted by molar-refractivity contribution is 0.172. The second-order valence-electron chi connectivity index (χ2n) is 4.39. The van der Waals surface area contributed by atoms with Crippen LogP contribution in [0.2, 0.25) is 0 Å². The van der Waals surface area contributed by atoms with Crippen LogP contribution < -0.4 is 4.74 Å². The summed E-state index contributed by atoms with van der Waals surface area (Å²) in [7, 11) is 1.52. The number of pyridine rings is 1. The van der Waals surface area contributed by atoms with Gasteiger partial charge in [0.05, 0.1) is 13.2 Å². The average molecular weight is 261 g/mol. The van der Waals surface area contributed by atoms with Crippen molar-refractivity contribution in [3.63, 3.8) is 0 Å². The fraction of sp³-hybridized carbons (Fsp3) is 0.267. The van der Waals surface area contributed by atoms with Crippen molar-refractivity contribution in [2.24, 2.45) is 0 Å². The minimum absolute atomic E-state index is 0.269. The van der Waals surface area contributed by atoms with Gasteiger partial charge < -0.3 is 9.84 Å². The molecule has 1 aromatic carbocycles. The summed E-state index contributed by atoms with van der Waals surface area (Å²) in [6, 6.07) is 8.07. The molecule has 4 heteroatoms. The van der Waals surface area contributed by atoms with E-state index in [1.165, 1.54) is 19.2 Å². The lowest BCUT2D eigenvalue weighted by Gasteiger charge is -2.15. The number of hydrogen-bond acceptors (Lipinski definition) is 3. The van der Waals surface area contributed by atoms with Gasteiger partial charge in [0.15, 0.2) is 0 Å². The van der Waals surface area contributed by atoms with Gasteiger partial charge in [0.1, 0.15) is 5.82 Å². The van der Waals surface area contributed by atoms with E-state index in [0.29, 0.717) is 17.9 Å². The number of benzene rings is 1. The first-order valence-electron chi connectivity index (χ1n) is 6.04. The highest BCUT2D eigenvalue weighted by Crippen LogP contribution is 2.26. The van der Waals surface area contributed by atoms with Crippen LogP contribution in [-0.4, -0.2) is 17.2 Å². The Bertz CT molecular complexity index is 572. The first kappa shape index (κ1) is 13.5. The van der Waals surface area contributed by atoms with Crippen molar-refractivity contribution in [3.05, 3.63) is 59.0 Å². The molecular formula is C15H16FNO2. The first-order valence-corrected chi connectivity index (χ1v) is 6.04. The molecule has 1 N–H and O–H groups in total. The highest BCUT2D eigenvalue weighted by atomic mass is 19.1. The predicted molar refractivity (Wildman–Crippen MR) is 70.6 cm³/mol. The van der Waals surface area contributed by atoms with Crippen molar-refractivity contribution in [2.75, 3.05) is 7.11 Å². The Kier molecular flexibility index (Phi) is 4.12. The molecule has 0 spiro atoms. The fourth-order valence-corrected chi connectivity index (χ4v) is 2.03. The van der Waals surface area contributed by atoms with Crippen molar-refractivity contribution < 1.29 is 14.2 Å². The fourth-order valence-electron chi connectivity index (χ4n) is 2.03. The summed E-state index contributed by atoms with van der Waals surface area (Å²) in [5.74, 6) is 0.143. The molecule has 0 fully saturated rings. The van der Waals surface area contributed by atoms with Gasteiger partial charge in [-0.25, -0.2) is 9.37 Å². The van der Waals surface area contributed by atoms with Crippen molar-refractivity contribution in [1.82, 2.24) is 4.98 Å². The second kappa shape index (κ2) is 5.80. The summed E-state index contributed by atoms with van der Waals surface area (Å²) in [4.78, 5) is 4.05. The van der Waals surface area contributed by atoms with Crippen molar-refractivity contribution in [2.45, 2.75) is 19.4 Å². The van der Waals surface area contributed by atoms with E-state index in [4.69, 9.17) is 4.74 Å². The molecule has 3 nitrogen and oxygen atoms in total. The van der Waals surface area contributed by atoms with E-state index >= 15 is 0 Å². The highest BCUT2D eigenvalue weighted by Gasteiger charge is 2.15. The van der Waals surface area contributed by atoms with Gasteiger partial charge in [-0.15, -0.1) is 0 Å². The quantitative estimate of drug-likeness (QED) is 0.920. The molecule has 19 heavy (non-hydrogen) atoms. The van der Waals surface area contributed by atoms with Gasteiger partial charge in [-0.2, -0.15) is 0 Å². The van der Waals surface area contributed by atoms with Crippen LogP contribution in [-0.2, 0) is 6.42 Å². The van der Waals surface area contributed by atoms with E-state index in [2.05, 4.69) is 4.98 Å². The topological polar surface area (TPSA) is 42.4 Å². The Morgan fingerprint density at radius 2 is 2.16 bits per heavy atom. The van der Waals surface area contributed by atoms with Gasteiger partial charge in [0, 0.05) is 18.2 Å². The molecule has 0 aliphatic carbocycles. The summed E-state index contributed by atoms with van der Waals surface area (Å²) < 4.78 is 18.2. The van der Waals surface area contributed by atoms with Crippen LogP contribution in [0, 0.1) is 12.7 Å². The first-order chi connectivity index (χ1) is 9.11. The third-order valence-electron chi connectivity index (χ3n) is 3.07. The average Bonchev–Trinajstić information content (AvgIpc) is 2.41. The van der Waals surface area contributed by atoms with Gasteiger partial charge >= 0.3 is 0 Å². The SMILES string of the molecule is COc1ncccc1C(O)Cc1ccc(F)cc1C. The van der Waals surface area contributed by atoms with Gasteiger partial charge in [-0.05, 0) is 42.3 Å². The standard InChI is InChI=1S/C15H16FNO2/c1-10-8-12(16)6-5-11(10)9-14(18)13-4-3-7-17-15(13)19-2/h3-8,14,18H,9H2,1-2H3. The third kappa shape index (κ3) is 3.09. The third-order valence-corrected chi connectivity index (χ3v) is 3.07. The number of ether oxygens (including phenoxy) is 1. The molecule has 0 amide bonds. The lowest BCUT2D eigenvalue weighted by Crippen LogP contribution is -2.06. The van der Waals surface area contributed by atoms with Gasteiger partial charge in [0.2, 0.25) is 5.88 Å². The molecular weight excluding hydrogens is 245 g/mol. The van der Waals surface area contributed by atoms with E-state index in [1.807, 2.05) is 6.92 Å². The Hall–Kier alpha value is -1.94. The van der Waals surface area contributed by atoms with E-state index in [9.17, 15) is 9.50 Å². The van der Waals surface area contributed by atoms with E-state index in [1.54, 1.807) is 24.4 Å². The molecule has 0 saturated heterocycles. The van der Waals surface area contributed by atoms with E-state index in [0.717, 1.165) is 11.1 Å². The Balaban J connectivity index is 2.23. The van der Waals surface area contributed by atoms with Crippen molar-refractivity contribution in [1.29, 1.82) is 0 Å². The van der Waals surface area contributed by atoms with E-state index in [-0.39, 0.29) is 5.82 Å². The van der Waals surface area contributed by atoms with E-state index < -0.39 is 6.10 Å². The molecule has 1 aromatic heterocycles. The summed E-state index contributed by atoms with van der Waals surface area (Å²) in [6.07, 6.45) is 1.28. The zero-order valence-corrected chi connectivity index (χ0v) is 10.9. The van der Waals surface area contributed by atoms with Crippen LogP contribution >= 0.6 is 0 Å². The number of hydrogen-bond donors (Lipinski definition) is 1. The number of aryl methyl sites for hydroxylation is 1. The van der Waals surface area contributed by atoms with Crippen LogP contribution in [0.15, 0.2) is 36.5 Å². The molecule has 0 aliphatic rings. The lowest BCUT2D eigenvalue weighted by atomic mass is 9.99. The van der Waals surface area contributed by atoms with Crippen LogP contribution in [0.5, 0.6) is 5.88 Å². The maximum absolute atomic E-state index is 13.0. The number of halogens is 1. The molecule has 0 saturated carbocycles. The zero-order chi connectivity index (χ0) is 13.8. The Morgan fingerprint density at radius 1 is 1.37 bits per heavy atom. The summed E-state index contributed by atoms with van der Waals surface area (Å²) in [5.41, 5.74) is 2.36. The molecule has 1 unspecified atom stereocenters. The molecule has 1 heterocycles. The van der Waals surface area contributed by atoms with Gasteiger partial charge in [-0.3, -0.25) is 0 Å². The smallest absolute Gasteiger partial charge is 0.218 e. The molecule has 2 aromatic rings. The normalized spacial score (nSPS) is 12.2. The highest BCUT2D eigenvalue weighted by molar-refractivity contribution is 5.32. The number of aliphatic hydroxyl groups excluding tert-OH is 1. The maximum Gasteiger partial charge on any atom is 0.218 e. The second-order valence-corrected chi connectivity index (χ2v) is 4.39. The molecule has 0 aliphatic heterocycles. The molecule has 0 bridgehead atoms.